The highest BCUT2D eigenvalue weighted by Gasteiger charge is 2.09. The second-order valence-corrected chi connectivity index (χ2v) is 4.50. The number of hydrazine groups is 1. The minimum Gasteiger partial charge on any atom is -0.393 e. The topological polar surface area (TPSA) is 124 Å². The van der Waals surface area contributed by atoms with Crippen molar-refractivity contribution in [2.75, 3.05) is 11.2 Å². The van der Waals surface area contributed by atoms with Gasteiger partial charge in [0.2, 0.25) is 0 Å². The van der Waals surface area contributed by atoms with Crippen molar-refractivity contribution in [2.45, 2.75) is 13.8 Å². The zero-order valence-electron chi connectivity index (χ0n) is 12.1. The molecule has 0 fully saturated rings. The van der Waals surface area contributed by atoms with Crippen LogP contribution >= 0.6 is 0 Å². The molecule has 0 atom stereocenters. The van der Waals surface area contributed by atoms with Crippen LogP contribution in [0.2, 0.25) is 0 Å². The van der Waals surface area contributed by atoms with Crippen molar-refractivity contribution in [2.24, 2.45) is 0 Å². The highest BCUT2D eigenvalue weighted by molar-refractivity contribution is 5.58. The van der Waals surface area contributed by atoms with Crippen LogP contribution in [0.4, 0.5) is 17.1 Å². The highest BCUT2D eigenvalue weighted by Crippen LogP contribution is 2.21. The van der Waals surface area contributed by atoms with Crippen LogP contribution in [-0.4, -0.2) is 9.96 Å². The van der Waals surface area contributed by atoms with Crippen LogP contribution in [0.3, 0.4) is 0 Å². The third-order valence-corrected chi connectivity index (χ3v) is 2.74. The molecule has 0 radical (unpaired) electrons. The van der Waals surface area contributed by atoms with Gasteiger partial charge in [-0.1, -0.05) is 24.3 Å². The molecule has 2 rings (SSSR count). The molecule has 0 aliphatic carbocycles. The average molecular weight is 304 g/mol. The number of hydrogen-bond acceptors (Lipinski definition) is 5. The Kier molecular flexibility index (Phi) is 5.82. The summed E-state index contributed by atoms with van der Waals surface area (Å²) < 4.78 is 0. The van der Waals surface area contributed by atoms with E-state index in [-0.39, 0.29) is 11.4 Å². The molecule has 0 saturated carbocycles. The first-order chi connectivity index (χ1) is 10.3. The van der Waals surface area contributed by atoms with E-state index in [4.69, 9.17) is 5.73 Å². The largest absolute Gasteiger partial charge is 0.393 e. The predicted octanol–water partition coefficient (Wildman–Crippen LogP) is 3.08. The summed E-state index contributed by atoms with van der Waals surface area (Å²) in [6.45, 7) is 3.60. The summed E-state index contributed by atoms with van der Waals surface area (Å²) in [5, 5.41) is 19.7. The highest BCUT2D eigenvalue weighted by atomic mass is 16.7. The van der Waals surface area contributed by atoms with Crippen molar-refractivity contribution >= 4 is 17.1 Å². The van der Waals surface area contributed by atoms with Gasteiger partial charge in [-0.3, -0.25) is 10.1 Å². The molecule has 0 spiro atoms. The monoisotopic (exact) mass is 304 g/mol. The minimum atomic E-state index is -0.567. The Labute approximate surface area is 126 Å². The summed E-state index contributed by atoms with van der Waals surface area (Å²) in [7, 11) is 0. The van der Waals surface area contributed by atoms with Crippen molar-refractivity contribution in [1.29, 1.82) is 0 Å². The molecule has 8 nitrogen and oxygen atoms in total. The number of benzene rings is 2. The Morgan fingerprint density at radius 2 is 1.68 bits per heavy atom. The fourth-order valence-corrected chi connectivity index (χ4v) is 1.61. The van der Waals surface area contributed by atoms with Crippen molar-refractivity contribution < 1.29 is 9.96 Å². The fourth-order valence-electron chi connectivity index (χ4n) is 1.61. The van der Waals surface area contributed by atoms with Crippen molar-refractivity contribution in [1.82, 2.24) is 0 Å². The zero-order valence-corrected chi connectivity index (χ0v) is 12.1. The third kappa shape index (κ3) is 5.08. The van der Waals surface area contributed by atoms with Crippen LogP contribution in [-0.2, 0) is 0 Å². The number of nitrogen functional groups attached to an aromatic ring is 1. The SMILES string of the molecule is Cc1ccc(N)c([N+](=O)[O-])c1.Cc1ccccc1N[N+](=O)[O-]. The Morgan fingerprint density at radius 3 is 2.18 bits per heavy atom. The van der Waals surface area contributed by atoms with Gasteiger partial charge in [-0.25, -0.2) is 10.1 Å². The Balaban J connectivity index is 0.000000220. The lowest BCUT2D eigenvalue weighted by molar-refractivity contribution is -0.445. The summed E-state index contributed by atoms with van der Waals surface area (Å²) in [4.78, 5) is 19.8. The molecule has 0 aliphatic heterocycles. The van der Waals surface area contributed by atoms with Gasteiger partial charge in [0.1, 0.15) is 11.4 Å². The molecule has 0 amide bonds. The number of nitrogens with two attached hydrogens (primary N) is 1. The van der Waals surface area contributed by atoms with E-state index >= 15 is 0 Å². The van der Waals surface area contributed by atoms with Crippen LogP contribution in [0.15, 0.2) is 42.5 Å². The molecule has 22 heavy (non-hydrogen) atoms. The maximum atomic E-state index is 10.3. The van der Waals surface area contributed by atoms with E-state index in [1.807, 2.05) is 19.1 Å². The smallest absolute Gasteiger partial charge is 0.292 e. The Morgan fingerprint density at radius 1 is 1.05 bits per heavy atom. The molecule has 0 aliphatic rings. The maximum Gasteiger partial charge on any atom is 0.292 e. The van der Waals surface area contributed by atoms with Crippen LogP contribution in [0.25, 0.3) is 0 Å². The quantitative estimate of drug-likeness (QED) is 0.510. The van der Waals surface area contributed by atoms with Gasteiger partial charge in [-0.2, -0.15) is 0 Å². The molecule has 3 N–H and O–H groups in total. The lowest BCUT2D eigenvalue weighted by Crippen LogP contribution is -2.08. The minimum absolute atomic E-state index is 0.0231. The summed E-state index contributed by atoms with van der Waals surface area (Å²) in [6.07, 6.45) is 0. The lowest BCUT2D eigenvalue weighted by Gasteiger charge is -1.99. The molecule has 0 unspecified atom stereocenters. The van der Waals surface area contributed by atoms with Crippen LogP contribution < -0.4 is 11.2 Å². The summed E-state index contributed by atoms with van der Waals surface area (Å²) in [5.74, 6) is 0. The van der Waals surface area contributed by atoms with Crippen LogP contribution in [0.5, 0.6) is 0 Å². The first-order valence-corrected chi connectivity index (χ1v) is 6.28. The fraction of sp³-hybridized carbons (Fsp3) is 0.143. The van der Waals surface area contributed by atoms with Crippen molar-refractivity contribution in [3.05, 3.63) is 73.8 Å². The number of anilines is 2. The molecular formula is C14H16N4O4. The van der Waals surface area contributed by atoms with E-state index in [1.54, 1.807) is 25.1 Å². The van der Waals surface area contributed by atoms with Gasteiger partial charge < -0.3 is 5.73 Å². The van der Waals surface area contributed by atoms with E-state index in [2.05, 4.69) is 5.43 Å². The standard InChI is InChI=1S/2C7H8N2O2/c1-5-2-3-6(8)7(4-5)9(10)11;1-6-4-2-3-5-7(6)8-9(10)11/h2-4H,8H2,1H3;2-5,8H,1H3. The van der Waals surface area contributed by atoms with Gasteiger partial charge >= 0.3 is 0 Å². The van der Waals surface area contributed by atoms with Crippen LogP contribution in [0, 0.1) is 34.1 Å². The van der Waals surface area contributed by atoms with Gasteiger partial charge in [0.25, 0.3) is 5.69 Å². The van der Waals surface area contributed by atoms with Crippen molar-refractivity contribution in [3.63, 3.8) is 0 Å². The number of aryl methyl sites for hydroxylation is 2. The van der Waals surface area contributed by atoms with E-state index in [0.29, 0.717) is 5.69 Å². The van der Waals surface area contributed by atoms with Gasteiger partial charge in [0, 0.05) is 6.07 Å². The average Bonchev–Trinajstić information content (AvgIpc) is 2.44. The molecule has 8 heteroatoms. The predicted molar refractivity (Wildman–Crippen MR) is 84.0 cm³/mol. The number of nitro groups is 2. The molecule has 116 valence electrons. The van der Waals surface area contributed by atoms with E-state index < -0.39 is 9.96 Å². The van der Waals surface area contributed by atoms with Gasteiger partial charge in [0.05, 0.1) is 4.92 Å². The zero-order chi connectivity index (χ0) is 16.7. The lowest BCUT2D eigenvalue weighted by atomic mass is 10.2. The molecular weight excluding hydrogens is 288 g/mol. The van der Waals surface area contributed by atoms with Gasteiger partial charge in [0.15, 0.2) is 5.03 Å². The third-order valence-electron chi connectivity index (χ3n) is 2.74. The van der Waals surface area contributed by atoms with Crippen LogP contribution in [0.1, 0.15) is 11.1 Å². The summed E-state index contributed by atoms with van der Waals surface area (Å²) in [6, 6.07) is 11.8. The van der Waals surface area contributed by atoms with E-state index in [0.717, 1.165) is 11.1 Å². The normalized spacial score (nSPS) is 9.36. The van der Waals surface area contributed by atoms with Gasteiger partial charge in [-0.15, -0.1) is 5.43 Å². The number of nitro benzene ring substituents is 1. The van der Waals surface area contributed by atoms with Crippen molar-refractivity contribution in [3.8, 4) is 0 Å². The number of rotatable bonds is 3. The number of para-hydroxylation sites is 1. The number of hydrogen-bond donors (Lipinski definition) is 2. The number of nitrogens with zero attached hydrogens (tertiary/aromatic N) is 2. The van der Waals surface area contributed by atoms with E-state index in [1.165, 1.54) is 12.1 Å². The van der Waals surface area contributed by atoms with E-state index in [9.17, 15) is 20.2 Å². The molecule has 2 aromatic rings. The summed E-state index contributed by atoms with van der Waals surface area (Å²) >= 11 is 0. The maximum absolute atomic E-state index is 10.3. The molecule has 0 aromatic heterocycles. The molecule has 0 heterocycles. The van der Waals surface area contributed by atoms with Gasteiger partial charge in [-0.05, 0) is 37.1 Å². The summed E-state index contributed by atoms with van der Waals surface area (Å²) in [5.41, 5.74) is 9.87. The second-order valence-electron chi connectivity index (χ2n) is 4.50. The second kappa shape index (κ2) is 7.58. The Bertz CT molecular complexity index is 688. The molecule has 0 saturated heterocycles. The molecule has 0 bridgehead atoms. The number of nitrogens with one attached hydrogen (secondary N) is 1. The first kappa shape index (κ1) is 16.9. The molecule has 2 aromatic carbocycles. The Hall–Kier alpha value is -3.16. The first-order valence-electron chi connectivity index (χ1n) is 6.28.